The zero-order valence-electron chi connectivity index (χ0n) is 19.3. The van der Waals surface area contributed by atoms with Crippen molar-refractivity contribution >= 4 is 29.6 Å². The van der Waals surface area contributed by atoms with Gasteiger partial charge in [0.15, 0.2) is 5.16 Å². The third-order valence-corrected chi connectivity index (χ3v) is 6.74. The third kappa shape index (κ3) is 6.63. The molecule has 1 aliphatic heterocycles. The average molecular weight is 483 g/mol. The summed E-state index contributed by atoms with van der Waals surface area (Å²) < 4.78 is 7.60. The molecule has 0 radical (unpaired) electrons. The fraction of sp³-hybridized carbons (Fsp3) is 0.417. The number of imide groups is 1. The molecule has 3 amide bonds. The van der Waals surface area contributed by atoms with Gasteiger partial charge in [-0.1, -0.05) is 49.0 Å². The van der Waals surface area contributed by atoms with Crippen molar-refractivity contribution in [2.24, 2.45) is 5.92 Å². The third-order valence-electron chi connectivity index (χ3n) is 5.77. The van der Waals surface area contributed by atoms with Crippen LogP contribution in [0, 0.1) is 5.92 Å². The van der Waals surface area contributed by atoms with E-state index in [0.29, 0.717) is 18.8 Å². The number of anilines is 1. The summed E-state index contributed by atoms with van der Waals surface area (Å²) in [5.74, 6) is 2.51. The number of hydrogen-bond donors (Lipinski definition) is 2. The fourth-order valence-electron chi connectivity index (χ4n) is 3.77. The minimum absolute atomic E-state index is 0.188. The highest BCUT2D eigenvalue weighted by molar-refractivity contribution is 7.99. The van der Waals surface area contributed by atoms with Crippen molar-refractivity contribution in [2.45, 2.75) is 44.4 Å². The number of thioether (sulfide) groups is 1. The highest BCUT2D eigenvalue weighted by Gasteiger charge is 2.23. The second kappa shape index (κ2) is 11.7. The van der Waals surface area contributed by atoms with E-state index in [0.717, 1.165) is 54.3 Å². The molecule has 1 fully saturated rings. The average Bonchev–Trinajstić information content (AvgIpc) is 3.50. The molecule has 1 aromatic carbocycles. The van der Waals surface area contributed by atoms with Crippen LogP contribution in [0.4, 0.5) is 10.7 Å². The number of nitrogens with zero attached hydrogens (tertiary/aromatic N) is 4. The second-order valence-electron chi connectivity index (χ2n) is 8.43. The molecule has 3 aromatic rings. The zero-order chi connectivity index (χ0) is 23.8. The minimum Gasteiger partial charge on any atom is -0.467 e. The summed E-state index contributed by atoms with van der Waals surface area (Å²) in [7, 11) is 0. The summed E-state index contributed by atoms with van der Waals surface area (Å²) in [6, 6.07) is 12.8. The van der Waals surface area contributed by atoms with Crippen molar-refractivity contribution in [1.29, 1.82) is 0 Å². The van der Waals surface area contributed by atoms with Crippen molar-refractivity contribution in [1.82, 2.24) is 25.4 Å². The molecule has 9 nitrogen and oxygen atoms in total. The first-order chi connectivity index (χ1) is 16.6. The molecular formula is C24H30N6O3S. The second-order valence-corrected chi connectivity index (χ2v) is 9.49. The first-order valence-corrected chi connectivity index (χ1v) is 12.5. The normalized spacial score (nSPS) is 14.2. The van der Waals surface area contributed by atoms with Crippen LogP contribution in [0.15, 0.2) is 58.3 Å². The Kier molecular flexibility index (Phi) is 8.24. The quantitative estimate of drug-likeness (QED) is 0.448. The number of benzene rings is 1. The molecule has 0 spiro atoms. The van der Waals surface area contributed by atoms with Gasteiger partial charge in [-0.3, -0.25) is 14.7 Å². The van der Waals surface area contributed by atoms with E-state index in [2.05, 4.69) is 32.7 Å². The Bertz CT molecular complexity index is 1060. The van der Waals surface area contributed by atoms with Crippen LogP contribution in [0.25, 0.3) is 0 Å². The SMILES string of the molecule is CC1CCN(c2nnc(SCCC(=O)NC(=O)NCc3ccccc3)n2Cc2ccco2)CC1. The molecule has 0 atom stereocenters. The van der Waals surface area contributed by atoms with Crippen LogP contribution in [0.5, 0.6) is 0 Å². The number of carbonyl (C=O) groups is 2. The van der Waals surface area contributed by atoms with Crippen LogP contribution < -0.4 is 15.5 Å². The van der Waals surface area contributed by atoms with E-state index in [-0.39, 0.29) is 12.3 Å². The molecule has 0 aliphatic carbocycles. The van der Waals surface area contributed by atoms with Gasteiger partial charge >= 0.3 is 6.03 Å². The molecule has 3 heterocycles. The maximum absolute atomic E-state index is 12.2. The molecule has 10 heteroatoms. The molecule has 1 saturated heterocycles. The Morgan fingerprint density at radius 2 is 1.91 bits per heavy atom. The summed E-state index contributed by atoms with van der Waals surface area (Å²) in [5, 5.41) is 14.7. The number of carbonyl (C=O) groups excluding carboxylic acids is 2. The van der Waals surface area contributed by atoms with Crippen LogP contribution in [-0.2, 0) is 17.9 Å². The predicted octanol–water partition coefficient (Wildman–Crippen LogP) is 3.66. The molecule has 4 rings (SSSR count). The maximum atomic E-state index is 12.2. The van der Waals surface area contributed by atoms with E-state index < -0.39 is 6.03 Å². The molecule has 2 N–H and O–H groups in total. The molecule has 1 aliphatic rings. The van der Waals surface area contributed by atoms with Crippen molar-refractivity contribution in [3.8, 4) is 0 Å². The Morgan fingerprint density at radius 3 is 2.65 bits per heavy atom. The number of hydrogen-bond acceptors (Lipinski definition) is 7. The lowest BCUT2D eigenvalue weighted by atomic mass is 10.00. The zero-order valence-corrected chi connectivity index (χ0v) is 20.1. The number of aromatic nitrogens is 3. The van der Waals surface area contributed by atoms with Gasteiger partial charge in [-0.2, -0.15) is 0 Å². The van der Waals surface area contributed by atoms with Gasteiger partial charge < -0.3 is 14.6 Å². The van der Waals surface area contributed by atoms with Gasteiger partial charge in [-0.15, -0.1) is 10.2 Å². The van der Waals surface area contributed by atoms with Gasteiger partial charge in [0, 0.05) is 31.8 Å². The summed E-state index contributed by atoms with van der Waals surface area (Å²) in [5.41, 5.74) is 0.968. The maximum Gasteiger partial charge on any atom is 0.321 e. The van der Waals surface area contributed by atoms with Crippen molar-refractivity contribution in [3.05, 3.63) is 60.1 Å². The largest absolute Gasteiger partial charge is 0.467 e. The monoisotopic (exact) mass is 482 g/mol. The molecule has 0 unspecified atom stereocenters. The van der Waals surface area contributed by atoms with E-state index in [9.17, 15) is 9.59 Å². The lowest BCUT2D eigenvalue weighted by Gasteiger charge is -2.31. The standard InChI is InChI=1S/C24H30N6O3S/c1-18-9-12-29(13-10-18)23-27-28-24(30(23)17-20-8-5-14-33-20)34-15-11-21(31)26-22(32)25-16-19-6-3-2-4-7-19/h2-8,14,18H,9-13,15-17H2,1H3,(H2,25,26,31,32). The molecule has 180 valence electrons. The number of rotatable bonds is 9. The van der Waals surface area contributed by atoms with Crippen LogP contribution in [0.1, 0.15) is 37.5 Å². The van der Waals surface area contributed by atoms with Crippen molar-refractivity contribution in [2.75, 3.05) is 23.7 Å². The van der Waals surface area contributed by atoms with Crippen LogP contribution in [-0.4, -0.2) is 45.5 Å². The van der Waals surface area contributed by atoms with Crippen LogP contribution in [0.3, 0.4) is 0 Å². The van der Waals surface area contributed by atoms with E-state index >= 15 is 0 Å². The smallest absolute Gasteiger partial charge is 0.321 e. The number of urea groups is 1. The topological polar surface area (TPSA) is 105 Å². The van der Waals surface area contributed by atoms with Gasteiger partial charge in [-0.25, -0.2) is 4.79 Å². The van der Waals surface area contributed by atoms with Crippen LogP contribution in [0.2, 0.25) is 0 Å². The van der Waals surface area contributed by atoms with E-state index in [1.54, 1.807) is 6.26 Å². The number of furan rings is 1. The summed E-state index contributed by atoms with van der Waals surface area (Å²) in [4.78, 5) is 26.5. The van der Waals surface area contributed by atoms with E-state index in [1.807, 2.05) is 47.0 Å². The fourth-order valence-corrected chi connectivity index (χ4v) is 4.64. The van der Waals surface area contributed by atoms with Gasteiger partial charge in [-0.05, 0) is 36.5 Å². The highest BCUT2D eigenvalue weighted by Crippen LogP contribution is 2.27. The summed E-state index contributed by atoms with van der Waals surface area (Å²) >= 11 is 1.45. The molecule has 2 aromatic heterocycles. The first-order valence-electron chi connectivity index (χ1n) is 11.5. The molecule has 0 bridgehead atoms. The van der Waals surface area contributed by atoms with Crippen molar-refractivity contribution in [3.63, 3.8) is 0 Å². The Labute approximate surface area is 203 Å². The highest BCUT2D eigenvalue weighted by atomic mass is 32.2. The molecule has 0 saturated carbocycles. The lowest BCUT2D eigenvalue weighted by molar-refractivity contribution is -0.119. The number of amides is 3. The Balaban J connectivity index is 1.30. The van der Waals surface area contributed by atoms with Gasteiger partial charge in [0.05, 0.1) is 12.8 Å². The minimum atomic E-state index is -0.499. The predicted molar refractivity (Wildman–Crippen MR) is 131 cm³/mol. The lowest BCUT2D eigenvalue weighted by Crippen LogP contribution is -2.39. The van der Waals surface area contributed by atoms with Gasteiger partial charge in [0.25, 0.3) is 0 Å². The van der Waals surface area contributed by atoms with Crippen molar-refractivity contribution < 1.29 is 14.0 Å². The van der Waals surface area contributed by atoms with Gasteiger partial charge in [0.2, 0.25) is 11.9 Å². The van der Waals surface area contributed by atoms with Gasteiger partial charge in [0.1, 0.15) is 5.76 Å². The van der Waals surface area contributed by atoms with E-state index in [4.69, 9.17) is 4.42 Å². The Hall–Kier alpha value is -3.27. The van der Waals surface area contributed by atoms with E-state index in [1.165, 1.54) is 11.8 Å². The van der Waals surface area contributed by atoms with Crippen LogP contribution >= 0.6 is 11.8 Å². The number of nitrogens with one attached hydrogen (secondary N) is 2. The molecule has 34 heavy (non-hydrogen) atoms. The summed E-state index contributed by atoms with van der Waals surface area (Å²) in [6.07, 6.45) is 4.10. The number of piperidine rings is 1. The Morgan fingerprint density at radius 1 is 1.12 bits per heavy atom. The molecular weight excluding hydrogens is 452 g/mol. The first kappa shape index (κ1) is 23.9. The summed E-state index contributed by atoms with van der Waals surface area (Å²) in [6.45, 7) is 5.06.